The minimum absolute atomic E-state index is 0.212. The first-order chi connectivity index (χ1) is 8.18. The number of nitrogens with zero attached hydrogens (tertiary/aromatic N) is 1. The van der Waals surface area contributed by atoms with Crippen LogP contribution in [-0.2, 0) is 0 Å². The molecule has 0 aromatic heterocycles. The Hall–Kier alpha value is -0.540. The van der Waals surface area contributed by atoms with Crippen LogP contribution < -0.4 is 10.6 Å². The van der Waals surface area contributed by atoms with Crippen LogP contribution in [0.3, 0.4) is 0 Å². The van der Waals surface area contributed by atoms with E-state index in [9.17, 15) is 0 Å². The predicted octanol–water partition coefficient (Wildman–Crippen LogP) is 3.46. The molecule has 1 aromatic rings. The van der Waals surface area contributed by atoms with E-state index in [0.717, 1.165) is 4.47 Å². The summed E-state index contributed by atoms with van der Waals surface area (Å²) in [6.45, 7) is 0. The van der Waals surface area contributed by atoms with E-state index in [1.165, 1.54) is 36.9 Å². The smallest absolute Gasteiger partial charge is 0.0415 e. The third kappa shape index (κ3) is 1.80. The molecular weight excluding hydrogens is 276 g/mol. The lowest BCUT2D eigenvalue weighted by molar-refractivity contribution is 0.246. The summed E-state index contributed by atoms with van der Waals surface area (Å²) in [5, 5.41) is 0. The SMILES string of the molecule is CN1c2ccc(Br)cc2C(N)C2CCCCC21. The first-order valence-corrected chi connectivity index (χ1v) is 7.25. The van der Waals surface area contributed by atoms with Gasteiger partial charge >= 0.3 is 0 Å². The summed E-state index contributed by atoms with van der Waals surface area (Å²) in [4.78, 5) is 2.45. The Balaban J connectivity index is 2.07. The molecule has 1 heterocycles. The van der Waals surface area contributed by atoms with Crippen molar-refractivity contribution in [2.24, 2.45) is 11.7 Å². The minimum Gasteiger partial charge on any atom is -0.371 e. The van der Waals surface area contributed by atoms with E-state index < -0.39 is 0 Å². The van der Waals surface area contributed by atoms with Crippen molar-refractivity contribution < 1.29 is 0 Å². The largest absolute Gasteiger partial charge is 0.371 e. The molecular formula is C14H19BrN2. The molecule has 0 radical (unpaired) electrons. The quantitative estimate of drug-likeness (QED) is 0.794. The Morgan fingerprint density at radius 2 is 2.06 bits per heavy atom. The number of hydrogen-bond donors (Lipinski definition) is 1. The summed E-state index contributed by atoms with van der Waals surface area (Å²) in [6.07, 6.45) is 5.27. The highest BCUT2D eigenvalue weighted by atomic mass is 79.9. The van der Waals surface area contributed by atoms with Gasteiger partial charge in [0.05, 0.1) is 0 Å². The van der Waals surface area contributed by atoms with Crippen molar-refractivity contribution in [2.45, 2.75) is 37.8 Å². The van der Waals surface area contributed by atoms with E-state index in [0.29, 0.717) is 12.0 Å². The maximum absolute atomic E-state index is 6.48. The second-order valence-corrected chi connectivity index (χ2v) is 6.27. The maximum Gasteiger partial charge on any atom is 0.0415 e. The van der Waals surface area contributed by atoms with Gasteiger partial charge in [-0.2, -0.15) is 0 Å². The lowest BCUT2D eigenvalue weighted by Crippen LogP contribution is -2.48. The first kappa shape index (κ1) is 11.5. The van der Waals surface area contributed by atoms with E-state index in [1.54, 1.807) is 0 Å². The van der Waals surface area contributed by atoms with Crippen LogP contribution in [-0.4, -0.2) is 13.1 Å². The van der Waals surface area contributed by atoms with Crippen molar-refractivity contribution in [1.29, 1.82) is 0 Å². The summed E-state index contributed by atoms with van der Waals surface area (Å²) in [5.74, 6) is 0.635. The Kier molecular flexibility index (Phi) is 2.91. The molecule has 3 heteroatoms. The lowest BCUT2D eigenvalue weighted by atomic mass is 9.74. The average Bonchev–Trinajstić information content (AvgIpc) is 2.36. The molecule has 2 aliphatic rings. The highest BCUT2D eigenvalue weighted by molar-refractivity contribution is 9.10. The Bertz CT molecular complexity index is 432. The average molecular weight is 295 g/mol. The molecule has 2 N–H and O–H groups in total. The van der Waals surface area contributed by atoms with Gasteiger partial charge in [-0.15, -0.1) is 0 Å². The number of nitrogens with two attached hydrogens (primary N) is 1. The zero-order valence-electron chi connectivity index (χ0n) is 10.2. The van der Waals surface area contributed by atoms with E-state index in [1.807, 2.05) is 0 Å². The number of fused-ring (bicyclic) bond motifs is 2. The molecule has 0 spiro atoms. The van der Waals surface area contributed by atoms with Crippen molar-refractivity contribution in [3.05, 3.63) is 28.2 Å². The molecule has 0 amide bonds. The minimum atomic E-state index is 0.212. The van der Waals surface area contributed by atoms with E-state index in [2.05, 4.69) is 46.1 Å². The summed E-state index contributed by atoms with van der Waals surface area (Å²) in [5.41, 5.74) is 9.12. The van der Waals surface area contributed by atoms with Gasteiger partial charge in [-0.25, -0.2) is 0 Å². The van der Waals surface area contributed by atoms with Gasteiger partial charge in [-0.3, -0.25) is 0 Å². The lowest BCUT2D eigenvalue weighted by Gasteiger charge is -2.47. The fourth-order valence-electron chi connectivity index (χ4n) is 3.56. The van der Waals surface area contributed by atoms with Crippen LogP contribution in [0.4, 0.5) is 5.69 Å². The van der Waals surface area contributed by atoms with E-state index >= 15 is 0 Å². The summed E-state index contributed by atoms with van der Waals surface area (Å²) >= 11 is 3.55. The monoisotopic (exact) mass is 294 g/mol. The van der Waals surface area contributed by atoms with Gasteiger partial charge in [0.15, 0.2) is 0 Å². The Labute approximate surface area is 111 Å². The second kappa shape index (κ2) is 4.29. The first-order valence-electron chi connectivity index (χ1n) is 6.46. The molecule has 1 fully saturated rings. The van der Waals surface area contributed by atoms with Gasteiger partial charge in [0.2, 0.25) is 0 Å². The van der Waals surface area contributed by atoms with Crippen LogP contribution in [0.15, 0.2) is 22.7 Å². The fraction of sp³-hybridized carbons (Fsp3) is 0.571. The molecule has 3 atom stereocenters. The third-order valence-corrected chi connectivity index (χ3v) is 4.96. The predicted molar refractivity (Wildman–Crippen MR) is 75.2 cm³/mol. The number of hydrogen-bond acceptors (Lipinski definition) is 2. The normalized spacial score (nSPS) is 31.9. The van der Waals surface area contributed by atoms with Crippen LogP contribution in [0, 0.1) is 5.92 Å². The number of halogens is 1. The van der Waals surface area contributed by atoms with Gasteiger partial charge in [-0.05, 0) is 42.5 Å². The fourth-order valence-corrected chi connectivity index (χ4v) is 3.94. The second-order valence-electron chi connectivity index (χ2n) is 5.36. The molecule has 1 saturated carbocycles. The number of rotatable bonds is 0. The molecule has 3 rings (SSSR count). The van der Waals surface area contributed by atoms with Crippen molar-refractivity contribution in [3.63, 3.8) is 0 Å². The van der Waals surface area contributed by atoms with Crippen LogP contribution in [0.2, 0.25) is 0 Å². The summed E-state index contributed by atoms with van der Waals surface area (Å²) in [6, 6.07) is 7.37. The van der Waals surface area contributed by atoms with Crippen molar-refractivity contribution in [1.82, 2.24) is 0 Å². The zero-order chi connectivity index (χ0) is 12.0. The van der Waals surface area contributed by atoms with Crippen LogP contribution in [0.25, 0.3) is 0 Å². The molecule has 0 saturated heterocycles. The van der Waals surface area contributed by atoms with Gasteiger partial charge < -0.3 is 10.6 Å². The Morgan fingerprint density at radius 3 is 2.88 bits per heavy atom. The van der Waals surface area contributed by atoms with Crippen molar-refractivity contribution >= 4 is 21.6 Å². The number of anilines is 1. The molecule has 2 nitrogen and oxygen atoms in total. The van der Waals surface area contributed by atoms with Crippen LogP contribution >= 0.6 is 15.9 Å². The molecule has 92 valence electrons. The van der Waals surface area contributed by atoms with Gasteiger partial charge in [0, 0.05) is 29.3 Å². The molecule has 1 aromatic carbocycles. The van der Waals surface area contributed by atoms with Crippen LogP contribution in [0.1, 0.15) is 37.3 Å². The van der Waals surface area contributed by atoms with E-state index in [-0.39, 0.29) is 6.04 Å². The molecule has 1 aliphatic heterocycles. The molecule has 1 aliphatic carbocycles. The van der Waals surface area contributed by atoms with E-state index in [4.69, 9.17) is 5.73 Å². The standard InChI is InChI=1S/C14H19BrN2/c1-17-12-5-3-2-4-10(12)14(16)11-8-9(15)6-7-13(11)17/h6-8,10,12,14H,2-5,16H2,1H3. The maximum atomic E-state index is 6.48. The third-order valence-electron chi connectivity index (χ3n) is 4.47. The van der Waals surface area contributed by atoms with Gasteiger partial charge in [0.25, 0.3) is 0 Å². The summed E-state index contributed by atoms with van der Waals surface area (Å²) < 4.78 is 1.13. The molecule has 0 bridgehead atoms. The topological polar surface area (TPSA) is 29.3 Å². The van der Waals surface area contributed by atoms with Gasteiger partial charge in [-0.1, -0.05) is 28.8 Å². The van der Waals surface area contributed by atoms with Crippen LogP contribution in [0.5, 0.6) is 0 Å². The highest BCUT2D eigenvalue weighted by Crippen LogP contribution is 2.45. The van der Waals surface area contributed by atoms with Crippen molar-refractivity contribution in [3.8, 4) is 0 Å². The van der Waals surface area contributed by atoms with Crippen molar-refractivity contribution in [2.75, 3.05) is 11.9 Å². The molecule has 17 heavy (non-hydrogen) atoms. The Morgan fingerprint density at radius 1 is 1.29 bits per heavy atom. The molecule has 3 unspecified atom stereocenters. The number of benzene rings is 1. The zero-order valence-corrected chi connectivity index (χ0v) is 11.8. The van der Waals surface area contributed by atoms with Gasteiger partial charge in [0.1, 0.15) is 0 Å². The highest BCUT2D eigenvalue weighted by Gasteiger charge is 2.38. The summed E-state index contributed by atoms with van der Waals surface area (Å²) in [7, 11) is 2.22.